The molecule has 104 valence electrons. The molecule has 3 rings (SSSR count). The number of rotatable bonds is 5. The van der Waals surface area contributed by atoms with Gasteiger partial charge in [-0.1, -0.05) is 31.0 Å². The monoisotopic (exact) mass is 270 g/mol. The van der Waals surface area contributed by atoms with E-state index < -0.39 is 0 Å². The van der Waals surface area contributed by atoms with Crippen LogP contribution in [-0.2, 0) is 11.2 Å². The van der Waals surface area contributed by atoms with Crippen molar-refractivity contribution < 1.29 is 4.79 Å². The number of nitrogens with zero attached hydrogens (tertiary/aromatic N) is 4. The Morgan fingerprint density at radius 2 is 1.95 bits per heavy atom. The van der Waals surface area contributed by atoms with Crippen LogP contribution >= 0.6 is 0 Å². The van der Waals surface area contributed by atoms with E-state index in [-0.39, 0.29) is 5.92 Å². The lowest BCUT2D eigenvalue weighted by Crippen LogP contribution is -2.13. The maximum atomic E-state index is 12.1. The second-order valence-electron chi connectivity index (χ2n) is 5.29. The van der Waals surface area contributed by atoms with Crippen molar-refractivity contribution in [3.63, 3.8) is 0 Å². The summed E-state index contributed by atoms with van der Waals surface area (Å²) in [6.07, 6.45) is 5.65. The number of carbonyl (C=O) groups excluding carboxylic acids is 1. The van der Waals surface area contributed by atoms with Crippen molar-refractivity contribution in [3.8, 4) is 5.69 Å². The number of para-hydroxylation sites is 1. The number of Topliss-reactive ketones (excluding diaryl/α,β-unsaturated/α-hetero) is 1. The topological polar surface area (TPSA) is 60.7 Å². The maximum absolute atomic E-state index is 12.1. The van der Waals surface area contributed by atoms with E-state index in [1.54, 1.807) is 4.68 Å². The zero-order chi connectivity index (χ0) is 13.8. The quantitative estimate of drug-likeness (QED) is 0.836. The summed E-state index contributed by atoms with van der Waals surface area (Å²) in [7, 11) is 0. The lowest BCUT2D eigenvalue weighted by atomic mass is 9.99. The van der Waals surface area contributed by atoms with Crippen molar-refractivity contribution in [1.29, 1.82) is 0 Å². The van der Waals surface area contributed by atoms with Crippen LogP contribution in [0.1, 0.15) is 37.9 Å². The summed E-state index contributed by atoms with van der Waals surface area (Å²) >= 11 is 0. The minimum absolute atomic E-state index is 0.274. The van der Waals surface area contributed by atoms with Gasteiger partial charge in [0.15, 0.2) is 5.82 Å². The first-order chi connectivity index (χ1) is 9.84. The van der Waals surface area contributed by atoms with Gasteiger partial charge in [-0.25, -0.2) is 0 Å². The number of hydrogen-bond donors (Lipinski definition) is 0. The van der Waals surface area contributed by atoms with Gasteiger partial charge in [0.05, 0.1) is 5.69 Å². The first-order valence-corrected chi connectivity index (χ1v) is 7.20. The molecule has 1 saturated carbocycles. The van der Waals surface area contributed by atoms with Crippen LogP contribution in [0.5, 0.6) is 0 Å². The Balaban J connectivity index is 1.66. The van der Waals surface area contributed by atoms with Crippen molar-refractivity contribution >= 4 is 5.78 Å². The Labute approximate surface area is 118 Å². The molecule has 5 heteroatoms. The molecule has 0 amide bonds. The van der Waals surface area contributed by atoms with Crippen LogP contribution < -0.4 is 0 Å². The Morgan fingerprint density at radius 3 is 2.70 bits per heavy atom. The smallest absolute Gasteiger partial charge is 0.157 e. The van der Waals surface area contributed by atoms with E-state index >= 15 is 0 Å². The van der Waals surface area contributed by atoms with Gasteiger partial charge < -0.3 is 0 Å². The molecule has 1 aliphatic rings. The molecule has 0 N–H and O–H groups in total. The molecule has 0 radical (unpaired) electrons. The fraction of sp³-hybridized carbons (Fsp3) is 0.467. The second kappa shape index (κ2) is 5.94. The molecular formula is C15H18N4O. The van der Waals surface area contributed by atoms with Gasteiger partial charge in [-0.2, -0.15) is 4.68 Å². The van der Waals surface area contributed by atoms with Crippen LogP contribution in [-0.4, -0.2) is 26.0 Å². The number of hydrogen-bond acceptors (Lipinski definition) is 4. The van der Waals surface area contributed by atoms with Gasteiger partial charge in [-0.3, -0.25) is 4.79 Å². The van der Waals surface area contributed by atoms with Crippen LogP contribution in [0.15, 0.2) is 30.3 Å². The third-order valence-corrected chi connectivity index (χ3v) is 3.94. The van der Waals surface area contributed by atoms with Gasteiger partial charge in [-0.15, -0.1) is 5.10 Å². The van der Waals surface area contributed by atoms with Crippen LogP contribution in [0.3, 0.4) is 0 Å². The highest BCUT2D eigenvalue weighted by atomic mass is 16.1. The van der Waals surface area contributed by atoms with Crippen molar-refractivity contribution in [1.82, 2.24) is 20.2 Å². The largest absolute Gasteiger partial charge is 0.299 e. The Hall–Kier alpha value is -2.04. The predicted octanol–water partition coefficient (Wildman–Crippen LogP) is 2.35. The highest BCUT2D eigenvalue weighted by Crippen LogP contribution is 2.26. The molecule has 1 heterocycles. The SMILES string of the molecule is O=C(CCc1nnnn1-c1ccccc1)C1CCCC1. The highest BCUT2D eigenvalue weighted by molar-refractivity contribution is 5.81. The number of benzene rings is 1. The lowest BCUT2D eigenvalue weighted by molar-refractivity contribution is -0.122. The molecule has 1 aromatic carbocycles. The molecule has 0 aliphatic heterocycles. The lowest BCUT2D eigenvalue weighted by Gasteiger charge is -2.07. The van der Waals surface area contributed by atoms with Crippen LogP contribution in [0, 0.1) is 5.92 Å². The summed E-state index contributed by atoms with van der Waals surface area (Å²) in [4.78, 5) is 12.1. The Kier molecular flexibility index (Phi) is 3.85. The van der Waals surface area contributed by atoms with E-state index in [0.717, 1.165) is 24.4 Å². The molecule has 0 unspecified atom stereocenters. The average molecular weight is 270 g/mol. The molecule has 0 atom stereocenters. The standard InChI is InChI=1S/C15H18N4O/c20-14(12-6-4-5-7-12)10-11-15-16-17-18-19(15)13-8-2-1-3-9-13/h1-3,8-9,12H,4-7,10-11H2. The zero-order valence-corrected chi connectivity index (χ0v) is 11.4. The van der Waals surface area contributed by atoms with Gasteiger partial charge in [0.2, 0.25) is 0 Å². The summed E-state index contributed by atoms with van der Waals surface area (Å²) in [5.74, 6) is 1.39. The third-order valence-electron chi connectivity index (χ3n) is 3.94. The maximum Gasteiger partial charge on any atom is 0.157 e. The van der Waals surface area contributed by atoms with E-state index in [4.69, 9.17) is 0 Å². The number of ketones is 1. The summed E-state index contributed by atoms with van der Waals surface area (Å²) < 4.78 is 1.71. The van der Waals surface area contributed by atoms with Crippen molar-refractivity contribution in [2.45, 2.75) is 38.5 Å². The predicted molar refractivity (Wildman–Crippen MR) is 74.4 cm³/mol. The summed E-state index contributed by atoms with van der Waals surface area (Å²) in [5.41, 5.74) is 0.931. The number of aromatic nitrogens is 4. The molecule has 2 aromatic rings. The Bertz CT molecular complexity index is 573. The van der Waals surface area contributed by atoms with E-state index in [1.165, 1.54) is 12.8 Å². The zero-order valence-electron chi connectivity index (χ0n) is 11.4. The summed E-state index contributed by atoms with van der Waals surface area (Å²) in [5, 5.41) is 11.8. The van der Waals surface area contributed by atoms with Crippen LogP contribution in [0.2, 0.25) is 0 Å². The molecule has 1 aliphatic carbocycles. The average Bonchev–Trinajstić information content (AvgIpc) is 3.17. The van der Waals surface area contributed by atoms with Crippen molar-refractivity contribution in [2.24, 2.45) is 5.92 Å². The van der Waals surface area contributed by atoms with Gasteiger partial charge >= 0.3 is 0 Å². The molecule has 1 fully saturated rings. The normalized spacial score (nSPS) is 15.6. The third kappa shape index (κ3) is 2.76. The molecule has 0 bridgehead atoms. The fourth-order valence-electron chi connectivity index (χ4n) is 2.82. The van der Waals surface area contributed by atoms with Gasteiger partial charge in [0.25, 0.3) is 0 Å². The van der Waals surface area contributed by atoms with Crippen LogP contribution in [0.4, 0.5) is 0 Å². The number of aryl methyl sites for hydroxylation is 1. The molecule has 20 heavy (non-hydrogen) atoms. The van der Waals surface area contributed by atoms with Gasteiger partial charge in [-0.05, 0) is 35.4 Å². The minimum Gasteiger partial charge on any atom is -0.299 e. The summed E-state index contributed by atoms with van der Waals surface area (Å²) in [6, 6.07) is 9.77. The van der Waals surface area contributed by atoms with Crippen LogP contribution in [0.25, 0.3) is 5.69 Å². The second-order valence-corrected chi connectivity index (χ2v) is 5.29. The van der Waals surface area contributed by atoms with E-state index in [1.807, 2.05) is 30.3 Å². The molecule has 0 saturated heterocycles. The van der Waals surface area contributed by atoms with Gasteiger partial charge in [0, 0.05) is 18.8 Å². The fourth-order valence-corrected chi connectivity index (χ4v) is 2.82. The molecule has 5 nitrogen and oxygen atoms in total. The molecule has 1 aromatic heterocycles. The summed E-state index contributed by atoms with van der Waals surface area (Å²) in [6.45, 7) is 0. The van der Waals surface area contributed by atoms with E-state index in [2.05, 4.69) is 15.5 Å². The first-order valence-electron chi connectivity index (χ1n) is 7.20. The number of tetrazole rings is 1. The van der Waals surface area contributed by atoms with E-state index in [0.29, 0.717) is 18.6 Å². The number of carbonyl (C=O) groups is 1. The van der Waals surface area contributed by atoms with E-state index in [9.17, 15) is 4.79 Å². The first kappa shape index (κ1) is 13.0. The molecule has 0 spiro atoms. The minimum atomic E-state index is 0.274. The Morgan fingerprint density at radius 1 is 1.20 bits per heavy atom. The van der Waals surface area contributed by atoms with Gasteiger partial charge in [0.1, 0.15) is 5.78 Å². The molecular weight excluding hydrogens is 252 g/mol. The van der Waals surface area contributed by atoms with Crippen molar-refractivity contribution in [2.75, 3.05) is 0 Å². The van der Waals surface area contributed by atoms with Crippen molar-refractivity contribution in [3.05, 3.63) is 36.2 Å². The highest BCUT2D eigenvalue weighted by Gasteiger charge is 2.22.